The van der Waals surface area contributed by atoms with Crippen molar-refractivity contribution in [3.8, 4) is 0 Å². The number of aliphatic hydroxyl groups excluding tert-OH is 1. The average molecular weight is 216 g/mol. The molecule has 0 aliphatic heterocycles. The summed E-state index contributed by atoms with van der Waals surface area (Å²) in [6, 6.07) is 4.99. The quantitative estimate of drug-likeness (QED) is 0.770. The van der Waals surface area contributed by atoms with E-state index in [9.17, 15) is 13.2 Å². The molecule has 82 valence electrons. The summed E-state index contributed by atoms with van der Waals surface area (Å²) in [5.74, 6) is 0. The lowest BCUT2D eigenvalue weighted by atomic mass is 10.1. The van der Waals surface area contributed by atoms with Crippen LogP contribution in [0.15, 0.2) is 36.4 Å². The van der Waals surface area contributed by atoms with Crippen LogP contribution in [0.25, 0.3) is 0 Å². The van der Waals surface area contributed by atoms with Crippen molar-refractivity contribution in [3.05, 3.63) is 47.5 Å². The van der Waals surface area contributed by atoms with Crippen LogP contribution in [0.2, 0.25) is 0 Å². The Labute approximate surface area is 85.9 Å². The molecule has 0 radical (unpaired) electrons. The van der Waals surface area contributed by atoms with Crippen LogP contribution in [0.5, 0.6) is 0 Å². The number of halogens is 3. The van der Waals surface area contributed by atoms with Crippen LogP contribution in [0.3, 0.4) is 0 Å². The number of hydrogen-bond acceptors (Lipinski definition) is 1. The van der Waals surface area contributed by atoms with Gasteiger partial charge in [0.1, 0.15) is 0 Å². The van der Waals surface area contributed by atoms with Gasteiger partial charge in [-0.15, -0.1) is 0 Å². The molecular formula is C11H11F3O. The molecule has 0 unspecified atom stereocenters. The smallest absolute Gasteiger partial charge is 0.392 e. The Morgan fingerprint density at radius 2 is 1.67 bits per heavy atom. The zero-order chi connectivity index (χ0) is 11.3. The minimum atomic E-state index is -4.28. The van der Waals surface area contributed by atoms with Crippen LogP contribution in [0, 0.1) is 0 Å². The third kappa shape index (κ3) is 3.75. The van der Waals surface area contributed by atoms with Gasteiger partial charge >= 0.3 is 6.18 Å². The van der Waals surface area contributed by atoms with E-state index in [1.807, 2.05) is 0 Å². The molecule has 1 aromatic rings. The topological polar surface area (TPSA) is 20.2 Å². The maximum absolute atomic E-state index is 12.2. The number of alkyl halides is 3. The van der Waals surface area contributed by atoms with E-state index in [1.165, 1.54) is 12.1 Å². The van der Waals surface area contributed by atoms with E-state index in [1.54, 1.807) is 12.2 Å². The molecule has 4 heteroatoms. The summed E-state index contributed by atoms with van der Waals surface area (Å²) in [4.78, 5) is 0. The summed E-state index contributed by atoms with van der Waals surface area (Å²) < 4.78 is 36.5. The third-order valence-corrected chi connectivity index (χ3v) is 1.91. The first-order valence-corrected chi connectivity index (χ1v) is 4.46. The number of benzene rings is 1. The van der Waals surface area contributed by atoms with E-state index in [4.69, 9.17) is 5.11 Å². The number of rotatable bonds is 3. The van der Waals surface area contributed by atoms with Crippen molar-refractivity contribution in [2.45, 2.75) is 12.6 Å². The normalized spacial score (nSPS) is 12.3. The molecule has 1 N–H and O–H groups in total. The van der Waals surface area contributed by atoms with Crippen molar-refractivity contribution in [2.75, 3.05) is 6.61 Å². The van der Waals surface area contributed by atoms with E-state index in [-0.39, 0.29) is 6.61 Å². The van der Waals surface area contributed by atoms with E-state index in [0.29, 0.717) is 6.42 Å². The minimum absolute atomic E-state index is 0.0549. The Balaban J connectivity index is 2.69. The zero-order valence-electron chi connectivity index (χ0n) is 7.96. The van der Waals surface area contributed by atoms with Gasteiger partial charge < -0.3 is 5.11 Å². The number of aliphatic hydroxyl groups is 1. The van der Waals surface area contributed by atoms with Gasteiger partial charge in [-0.2, -0.15) is 13.2 Å². The van der Waals surface area contributed by atoms with Gasteiger partial charge in [0.05, 0.1) is 12.2 Å². The van der Waals surface area contributed by atoms with E-state index < -0.39 is 11.7 Å². The molecule has 1 nitrogen and oxygen atoms in total. The Bertz CT molecular complexity index is 325. The molecule has 0 aliphatic rings. The van der Waals surface area contributed by atoms with Gasteiger partial charge in [0, 0.05) is 0 Å². The second kappa shape index (κ2) is 4.98. The maximum Gasteiger partial charge on any atom is 0.416 e. The van der Waals surface area contributed by atoms with Gasteiger partial charge in [-0.3, -0.25) is 0 Å². The second-order valence-corrected chi connectivity index (χ2v) is 3.05. The van der Waals surface area contributed by atoms with Gasteiger partial charge in [-0.1, -0.05) is 24.3 Å². The standard InChI is InChI=1S/C11H11F3O/c12-11(13,14)10-6-4-9(5-7-10)3-1-2-8-15/h1-2,4-7,15H,3,8H2/b2-1+. The van der Waals surface area contributed by atoms with Crippen LogP contribution in [0.1, 0.15) is 11.1 Å². The highest BCUT2D eigenvalue weighted by molar-refractivity contribution is 5.25. The van der Waals surface area contributed by atoms with Gasteiger partial charge in [0.25, 0.3) is 0 Å². The molecule has 1 aromatic carbocycles. The molecule has 0 heterocycles. The molecular weight excluding hydrogens is 205 g/mol. The van der Waals surface area contributed by atoms with E-state index >= 15 is 0 Å². The average Bonchev–Trinajstić information content (AvgIpc) is 2.18. The van der Waals surface area contributed by atoms with Crippen molar-refractivity contribution in [1.82, 2.24) is 0 Å². The molecule has 0 aliphatic carbocycles. The van der Waals surface area contributed by atoms with Crippen LogP contribution < -0.4 is 0 Å². The first-order chi connectivity index (χ1) is 7.04. The highest BCUT2D eigenvalue weighted by atomic mass is 19.4. The van der Waals surface area contributed by atoms with E-state index in [2.05, 4.69) is 0 Å². The van der Waals surface area contributed by atoms with Crippen molar-refractivity contribution >= 4 is 0 Å². The predicted octanol–water partition coefficient (Wildman–Crippen LogP) is 2.80. The van der Waals surface area contributed by atoms with E-state index in [0.717, 1.165) is 17.7 Å². The maximum atomic E-state index is 12.2. The monoisotopic (exact) mass is 216 g/mol. The first kappa shape index (κ1) is 11.8. The fraction of sp³-hybridized carbons (Fsp3) is 0.273. The number of allylic oxidation sites excluding steroid dienone is 1. The lowest BCUT2D eigenvalue weighted by Crippen LogP contribution is -2.04. The highest BCUT2D eigenvalue weighted by Gasteiger charge is 2.29. The lowest BCUT2D eigenvalue weighted by Gasteiger charge is -2.06. The second-order valence-electron chi connectivity index (χ2n) is 3.05. The van der Waals surface area contributed by atoms with Crippen LogP contribution >= 0.6 is 0 Å². The SMILES string of the molecule is OC/C=C/Cc1ccc(C(F)(F)F)cc1. The Hall–Kier alpha value is -1.29. The van der Waals surface area contributed by atoms with Gasteiger partial charge in [-0.25, -0.2) is 0 Å². The highest BCUT2D eigenvalue weighted by Crippen LogP contribution is 2.29. The molecule has 0 spiro atoms. The largest absolute Gasteiger partial charge is 0.416 e. The summed E-state index contributed by atoms with van der Waals surface area (Å²) in [5, 5.41) is 8.46. The number of hydrogen-bond donors (Lipinski definition) is 1. The van der Waals surface area contributed by atoms with Crippen LogP contribution in [-0.2, 0) is 12.6 Å². The molecule has 0 atom stereocenters. The molecule has 0 saturated carbocycles. The summed E-state index contributed by atoms with van der Waals surface area (Å²) in [6.07, 6.45) is -0.488. The zero-order valence-corrected chi connectivity index (χ0v) is 7.96. The summed E-state index contributed by atoms with van der Waals surface area (Å²) in [6.45, 7) is -0.0549. The summed E-state index contributed by atoms with van der Waals surface area (Å²) in [5.41, 5.74) is 0.144. The van der Waals surface area contributed by atoms with Crippen LogP contribution in [-0.4, -0.2) is 11.7 Å². The first-order valence-electron chi connectivity index (χ1n) is 4.46. The molecule has 0 amide bonds. The Morgan fingerprint density at radius 3 is 2.13 bits per heavy atom. The molecule has 0 bridgehead atoms. The fourth-order valence-electron chi connectivity index (χ4n) is 1.12. The fourth-order valence-corrected chi connectivity index (χ4v) is 1.12. The predicted molar refractivity (Wildman–Crippen MR) is 51.4 cm³/mol. The van der Waals surface area contributed by atoms with Crippen molar-refractivity contribution < 1.29 is 18.3 Å². The summed E-state index contributed by atoms with van der Waals surface area (Å²) >= 11 is 0. The van der Waals surface area contributed by atoms with Crippen LogP contribution in [0.4, 0.5) is 13.2 Å². The van der Waals surface area contributed by atoms with Gasteiger partial charge in [-0.05, 0) is 24.1 Å². The lowest BCUT2D eigenvalue weighted by molar-refractivity contribution is -0.137. The van der Waals surface area contributed by atoms with Crippen molar-refractivity contribution in [3.63, 3.8) is 0 Å². The van der Waals surface area contributed by atoms with Crippen molar-refractivity contribution in [2.24, 2.45) is 0 Å². The minimum Gasteiger partial charge on any atom is -0.392 e. The molecule has 15 heavy (non-hydrogen) atoms. The summed E-state index contributed by atoms with van der Waals surface area (Å²) in [7, 11) is 0. The third-order valence-electron chi connectivity index (χ3n) is 1.91. The molecule has 1 rings (SSSR count). The Morgan fingerprint density at radius 1 is 1.07 bits per heavy atom. The molecule has 0 fully saturated rings. The van der Waals surface area contributed by atoms with Crippen molar-refractivity contribution in [1.29, 1.82) is 0 Å². The van der Waals surface area contributed by atoms with Gasteiger partial charge in [0.2, 0.25) is 0 Å². The molecule has 0 aromatic heterocycles. The molecule has 0 saturated heterocycles. The Kier molecular flexibility index (Phi) is 3.91. The van der Waals surface area contributed by atoms with Gasteiger partial charge in [0.15, 0.2) is 0 Å².